The number of benzene rings is 1. The van der Waals surface area contributed by atoms with Crippen LogP contribution in [0.3, 0.4) is 0 Å². The van der Waals surface area contributed by atoms with Gasteiger partial charge in [-0.1, -0.05) is 11.6 Å². The van der Waals surface area contributed by atoms with E-state index in [0.717, 1.165) is 0 Å². The number of rotatable bonds is 2. The molecule has 1 aromatic heterocycles. The highest BCUT2D eigenvalue weighted by Crippen LogP contribution is 2.18. The Morgan fingerprint density at radius 3 is 2.63 bits per heavy atom. The number of hydrogen-bond acceptors (Lipinski definition) is 3. The first-order valence-corrected chi connectivity index (χ1v) is 5.69. The molecule has 1 N–H and O–H groups in total. The minimum absolute atomic E-state index is 0.266. The Morgan fingerprint density at radius 2 is 2.05 bits per heavy atom. The van der Waals surface area contributed by atoms with E-state index in [1.54, 1.807) is 19.1 Å². The molecule has 1 aromatic carbocycles. The van der Waals surface area contributed by atoms with Crippen molar-refractivity contribution < 1.29 is 9.13 Å². The van der Waals surface area contributed by atoms with Gasteiger partial charge in [-0.15, -0.1) is 0 Å². The first-order valence-electron chi connectivity index (χ1n) is 5.31. The molecule has 2 aromatic rings. The van der Waals surface area contributed by atoms with E-state index in [1.807, 2.05) is 0 Å². The Hall–Kier alpha value is -2.08. The van der Waals surface area contributed by atoms with Gasteiger partial charge in [0.2, 0.25) is 5.82 Å². The fraction of sp³-hybridized carbons (Fsp3) is 0.167. The zero-order valence-electron chi connectivity index (χ0n) is 10.2. The first-order chi connectivity index (χ1) is 8.95. The molecule has 2 rings (SSSR count). The quantitative estimate of drug-likeness (QED) is 0.853. The average Bonchev–Trinajstić information content (AvgIpc) is 2.38. The fourth-order valence-corrected chi connectivity index (χ4v) is 1.88. The lowest BCUT2D eigenvalue weighted by Gasteiger charge is -2.10. The number of nitrogens with one attached hydrogen (secondary N) is 1. The number of ether oxygens (including phenoxy) is 1. The van der Waals surface area contributed by atoms with Crippen LogP contribution in [-0.4, -0.2) is 16.7 Å². The molecule has 0 radical (unpaired) electrons. The van der Waals surface area contributed by atoms with Crippen LogP contribution < -0.4 is 16.0 Å². The lowest BCUT2D eigenvalue weighted by molar-refractivity contribution is 0.414. The summed E-state index contributed by atoms with van der Waals surface area (Å²) in [5, 5.41) is -0.600. The number of aryl methyl sites for hydroxylation is 1. The van der Waals surface area contributed by atoms with Gasteiger partial charge in [0.15, 0.2) is 5.15 Å². The molecule has 0 aliphatic rings. The number of methoxy groups -OCH3 is 1. The predicted octanol–water partition coefficient (Wildman–Crippen LogP) is 1.64. The van der Waals surface area contributed by atoms with Crippen molar-refractivity contribution in [1.82, 2.24) is 9.55 Å². The fourth-order valence-electron chi connectivity index (χ4n) is 1.71. The molecule has 0 atom stereocenters. The largest absolute Gasteiger partial charge is 0.497 e. The van der Waals surface area contributed by atoms with Crippen LogP contribution in [0.1, 0.15) is 5.56 Å². The molecule has 5 nitrogen and oxygen atoms in total. The first kappa shape index (κ1) is 13.4. The van der Waals surface area contributed by atoms with Crippen molar-refractivity contribution in [3.63, 3.8) is 0 Å². The maximum absolute atomic E-state index is 13.5. The predicted molar refractivity (Wildman–Crippen MR) is 68.9 cm³/mol. The molecule has 0 bridgehead atoms. The molecule has 0 aliphatic heterocycles. The van der Waals surface area contributed by atoms with Crippen molar-refractivity contribution in [3.05, 3.63) is 55.6 Å². The van der Waals surface area contributed by atoms with Crippen LogP contribution in [0.25, 0.3) is 5.69 Å². The summed E-state index contributed by atoms with van der Waals surface area (Å²) in [6, 6.07) is 4.70. The Bertz CT molecular complexity index is 752. The van der Waals surface area contributed by atoms with E-state index in [4.69, 9.17) is 16.3 Å². The Morgan fingerprint density at radius 1 is 1.37 bits per heavy atom. The number of aromatic nitrogens is 2. The van der Waals surface area contributed by atoms with E-state index in [-0.39, 0.29) is 5.69 Å². The summed E-state index contributed by atoms with van der Waals surface area (Å²) in [6.45, 7) is 1.68. The van der Waals surface area contributed by atoms with Crippen LogP contribution in [0.15, 0.2) is 27.8 Å². The van der Waals surface area contributed by atoms with Crippen LogP contribution in [0.4, 0.5) is 4.39 Å². The Balaban J connectivity index is 2.77. The van der Waals surface area contributed by atoms with E-state index in [2.05, 4.69) is 4.98 Å². The van der Waals surface area contributed by atoms with Gasteiger partial charge < -0.3 is 4.74 Å². The van der Waals surface area contributed by atoms with Gasteiger partial charge in [-0.2, -0.15) is 4.39 Å². The average molecular weight is 285 g/mol. The van der Waals surface area contributed by atoms with E-state index in [9.17, 15) is 14.0 Å². The van der Waals surface area contributed by atoms with E-state index in [0.29, 0.717) is 15.9 Å². The van der Waals surface area contributed by atoms with Crippen LogP contribution in [0.5, 0.6) is 5.75 Å². The van der Waals surface area contributed by atoms with Gasteiger partial charge in [-0.3, -0.25) is 9.78 Å². The number of halogens is 2. The van der Waals surface area contributed by atoms with Gasteiger partial charge in [0.05, 0.1) is 12.8 Å². The highest BCUT2D eigenvalue weighted by molar-refractivity contribution is 6.29. The molecule has 0 unspecified atom stereocenters. The second kappa shape index (κ2) is 4.89. The number of H-pyrrole nitrogens is 1. The van der Waals surface area contributed by atoms with Gasteiger partial charge in [-0.05, 0) is 30.7 Å². The van der Waals surface area contributed by atoms with Crippen LogP contribution in [-0.2, 0) is 0 Å². The second-order valence-electron chi connectivity index (χ2n) is 3.85. The molecule has 0 spiro atoms. The summed E-state index contributed by atoms with van der Waals surface area (Å²) >= 11 is 5.40. The van der Waals surface area contributed by atoms with Gasteiger partial charge in [0.25, 0.3) is 5.56 Å². The number of hydrogen-bond donors (Lipinski definition) is 1. The molecule has 0 fully saturated rings. The molecule has 19 heavy (non-hydrogen) atoms. The second-order valence-corrected chi connectivity index (χ2v) is 4.23. The summed E-state index contributed by atoms with van der Waals surface area (Å²) in [6.07, 6.45) is 0. The molecular formula is C12H10ClFN2O3. The molecule has 0 saturated heterocycles. The lowest BCUT2D eigenvalue weighted by atomic mass is 10.2. The van der Waals surface area contributed by atoms with Crippen molar-refractivity contribution in [3.8, 4) is 11.4 Å². The van der Waals surface area contributed by atoms with Crippen LogP contribution >= 0.6 is 11.6 Å². The summed E-state index contributed by atoms with van der Waals surface area (Å²) in [4.78, 5) is 25.6. The molecule has 0 aliphatic carbocycles. The third-order valence-electron chi connectivity index (χ3n) is 2.65. The maximum Gasteiger partial charge on any atom is 0.334 e. The molecule has 7 heteroatoms. The summed E-state index contributed by atoms with van der Waals surface area (Å²) in [5.74, 6) is -0.628. The molecule has 1 heterocycles. The number of nitrogens with zero attached hydrogens (tertiary/aromatic N) is 1. The summed E-state index contributed by atoms with van der Waals surface area (Å²) in [7, 11) is 1.50. The summed E-state index contributed by atoms with van der Waals surface area (Å²) < 4.78 is 19.2. The third kappa shape index (κ3) is 2.26. The SMILES string of the molecule is COc1ccc(-n2c(=O)[nH]c(Cl)c(F)c2=O)c(C)c1. The smallest absolute Gasteiger partial charge is 0.334 e. The van der Waals surface area contributed by atoms with Gasteiger partial charge >= 0.3 is 5.69 Å². The van der Waals surface area contributed by atoms with Gasteiger partial charge in [0.1, 0.15) is 5.75 Å². The minimum atomic E-state index is -1.20. The number of aromatic amines is 1. The van der Waals surface area contributed by atoms with Crippen molar-refractivity contribution in [2.45, 2.75) is 6.92 Å². The van der Waals surface area contributed by atoms with E-state index < -0.39 is 22.2 Å². The summed E-state index contributed by atoms with van der Waals surface area (Å²) in [5.41, 5.74) is -1.04. The zero-order chi connectivity index (χ0) is 14.2. The van der Waals surface area contributed by atoms with Crippen LogP contribution in [0, 0.1) is 12.7 Å². The minimum Gasteiger partial charge on any atom is -0.497 e. The topological polar surface area (TPSA) is 64.1 Å². The molecule has 100 valence electrons. The van der Waals surface area contributed by atoms with Crippen molar-refractivity contribution in [2.24, 2.45) is 0 Å². The third-order valence-corrected chi connectivity index (χ3v) is 2.91. The molecule has 0 saturated carbocycles. The van der Waals surface area contributed by atoms with Crippen molar-refractivity contribution >= 4 is 11.6 Å². The standard InChI is InChI=1S/C12H10ClFN2O3/c1-6-5-7(19-2)3-4-8(6)16-11(17)9(14)10(13)15-12(16)18/h3-5H,1-2H3,(H,15,18). The molecule has 0 amide bonds. The Kier molecular flexibility index (Phi) is 3.44. The van der Waals surface area contributed by atoms with Crippen LogP contribution in [0.2, 0.25) is 5.15 Å². The maximum atomic E-state index is 13.5. The highest BCUT2D eigenvalue weighted by Gasteiger charge is 2.15. The van der Waals surface area contributed by atoms with E-state index >= 15 is 0 Å². The molecular weight excluding hydrogens is 275 g/mol. The Labute approximate surface area is 112 Å². The van der Waals surface area contributed by atoms with E-state index in [1.165, 1.54) is 13.2 Å². The lowest BCUT2D eigenvalue weighted by Crippen LogP contribution is -2.36. The van der Waals surface area contributed by atoms with Crippen molar-refractivity contribution in [1.29, 1.82) is 0 Å². The van der Waals surface area contributed by atoms with Gasteiger partial charge in [0, 0.05) is 0 Å². The monoisotopic (exact) mass is 284 g/mol. The normalized spacial score (nSPS) is 10.5. The zero-order valence-corrected chi connectivity index (χ0v) is 10.9. The highest BCUT2D eigenvalue weighted by atomic mass is 35.5. The van der Waals surface area contributed by atoms with Gasteiger partial charge in [-0.25, -0.2) is 9.36 Å². The van der Waals surface area contributed by atoms with Crippen molar-refractivity contribution in [2.75, 3.05) is 7.11 Å².